The van der Waals surface area contributed by atoms with Crippen LogP contribution in [0.5, 0.6) is 0 Å². The molecule has 0 bridgehead atoms. The predicted octanol–water partition coefficient (Wildman–Crippen LogP) is -0.0810. The Labute approximate surface area is 94.5 Å². The molecule has 0 radical (unpaired) electrons. The molecule has 0 aromatic carbocycles. The van der Waals surface area contributed by atoms with Crippen molar-refractivity contribution in [1.82, 2.24) is 20.4 Å². The molecular formula is C11H16N4O. The summed E-state index contributed by atoms with van der Waals surface area (Å²) in [5.74, 6) is 0.00290. The van der Waals surface area contributed by atoms with Crippen LogP contribution >= 0.6 is 0 Å². The van der Waals surface area contributed by atoms with Crippen LogP contribution in [-0.2, 0) is 11.3 Å². The van der Waals surface area contributed by atoms with Gasteiger partial charge in [-0.3, -0.25) is 9.48 Å². The molecule has 1 aromatic heterocycles. The van der Waals surface area contributed by atoms with E-state index in [0.29, 0.717) is 13.1 Å². The zero-order chi connectivity index (χ0) is 11.2. The molecule has 1 aliphatic heterocycles. The Morgan fingerprint density at radius 2 is 2.56 bits per heavy atom. The van der Waals surface area contributed by atoms with E-state index in [1.165, 1.54) is 5.57 Å². The van der Waals surface area contributed by atoms with E-state index in [1.54, 1.807) is 17.1 Å². The van der Waals surface area contributed by atoms with Gasteiger partial charge in [0.15, 0.2) is 0 Å². The highest BCUT2D eigenvalue weighted by Gasteiger charge is 2.06. The Morgan fingerprint density at radius 3 is 3.25 bits per heavy atom. The Morgan fingerprint density at radius 1 is 1.62 bits per heavy atom. The third-order valence-electron chi connectivity index (χ3n) is 2.54. The highest BCUT2D eigenvalue weighted by Crippen LogP contribution is 2.01. The van der Waals surface area contributed by atoms with Crippen molar-refractivity contribution in [3.8, 4) is 0 Å². The van der Waals surface area contributed by atoms with Gasteiger partial charge in [-0.1, -0.05) is 11.6 Å². The number of hydrogen-bond donors (Lipinski definition) is 2. The number of nitrogens with zero attached hydrogens (tertiary/aromatic N) is 2. The minimum atomic E-state index is 0.00290. The van der Waals surface area contributed by atoms with E-state index in [0.717, 1.165) is 19.5 Å². The fraction of sp³-hybridized carbons (Fsp3) is 0.455. The lowest BCUT2D eigenvalue weighted by molar-refractivity contribution is -0.121. The molecule has 0 atom stereocenters. The van der Waals surface area contributed by atoms with E-state index in [4.69, 9.17) is 0 Å². The molecule has 86 valence electrons. The highest BCUT2D eigenvalue weighted by molar-refractivity contribution is 5.75. The van der Waals surface area contributed by atoms with Gasteiger partial charge in [-0.15, -0.1) is 0 Å². The molecule has 5 nitrogen and oxygen atoms in total. The van der Waals surface area contributed by atoms with Crippen molar-refractivity contribution in [2.45, 2.75) is 13.0 Å². The van der Waals surface area contributed by atoms with Crippen molar-refractivity contribution in [2.24, 2.45) is 0 Å². The van der Waals surface area contributed by atoms with Gasteiger partial charge in [-0.2, -0.15) is 5.10 Å². The first-order valence-corrected chi connectivity index (χ1v) is 5.47. The second kappa shape index (κ2) is 5.46. The first-order valence-electron chi connectivity index (χ1n) is 5.47. The van der Waals surface area contributed by atoms with Crippen LogP contribution in [0.25, 0.3) is 0 Å². The number of amides is 1. The monoisotopic (exact) mass is 220 g/mol. The van der Waals surface area contributed by atoms with Gasteiger partial charge in [-0.05, 0) is 19.0 Å². The average molecular weight is 220 g/mol. The molecule has 0 aliphatic carbocycles. The van der Waals surface area contributed by atoms with Crippen molar-refractivity contribution in [1.29, 1.82) is 0 Å². The fourth-order valence-corrected chi connectivity index (χ4v) is 1.64. The van der Waals surface area contributed by atoms with Crippen LogP contribution in [0.3, 0.4) is 0 Å². The molecule has 2 N–H and O–H groups in total. The predicted molar refractivity (Wildman–Crippen MR) is 60.8 cm³/mol. The molecule has 0 fully saturated rings. The summed E-state index contributed by atoms with van der Waals surface area (Å²) in [5.41, 5.74) is 1.30. The van der Waals surface area contributed by atoms with Crippen LogP contribution in [0, 0.1) is 0 Å². The van der Waals surface area contributed by atoms with E-state index >= 15 is 0 Å². The van der Waals surface area contributed by atoms with Gasteiger partial charge in [-0.25, -0.2) is 0 Å². The number of aromatic nitrogens is 2. The number of hydrogen-bond acceptors (Lipinski definition) is 3. The van der Waals surface area contributed by atoms with E-state index < -0.39 is 0 Å². The third-order valence-corrected chi connectivity index (χ3v) is 2.54. The van der Waals surface area contributed by atoms with Crippen LogP contribution in [0.2, 0.25) is 0 Å². The largest absolute Gasteiger partial charge is 0.351 e. The van der Waals surface area contributed by atoms with Gasteiger partial charge in [0, 0.05) is 25.5 Å². The summed E-state index contributed by atoms with van der Waals surface area (Å²) in [5, 5.41) is 10.1. The maximum absolute atomic E-state index is 11.5. The number of carbonyl (C=O) groups is 1. The first-order chi connectivity index (χ1) is 7.84. The number of nitrogens with one attached hydrogen (secondary N) is 2. The summed E-state index contributed by atoms with van der Waals surface area (Å²) in [6, 6.07) is 1.81. The minimum absolute atomic E-state index is 0.00290. The summed E-state index contributed by atoms with van der Waals surface area (Å²) >= 11 is 0. The molecule has 2 rings (SSSR count). The Kier molecular flexibility index (Phi) is 3.71. The minimum Gasteiger partial charge on any atom is -0.351 e. The van der Waals surface area contributed by atoms with Gasteiger partial charge >= 0.3 is 0 Å². The highest BCUT2D eigenvalue weighted by atomic mass is 16.2. The molecule has 1 aromatic rings. The van der Waals surface area contributed by atoms with E-state index in [1.807, 2.05) is 6.07 Å². The molecule has 0 saturated carbocycles. The summed E-state index contributed by atoms with van der Waals surface area (Å²) in [6.07, 6.45) is 6.60. The fourth-order valence-electron chi connectivity index (χ4n) is 1.64. The molecular weight excluding hydrogens is 204 g/mol. The van der Waals surface area contributed by atoms with Crippen LogP contribution in [0.4, 0.5) is 0 Å². The Hall–Kier alpha value is -1.62. The maximum atomic E-state index is 11.5. The number of rotatable bonds is 4. The van der Waals surface area contributed by atoms with Crippen molar-refractivity contribution < 1.29 is 4.79 Å². The molecule has 5 heteroatoms. The second-order valence-corrected chi connectivity index (χ2v) is 3.80. The Bertz CT molecular complexity index is 369. The zero-order valence-corrected chi connectivity index (χ0v) is 9.15. The molecule has 0 unspecified atom stereocenters. The van der Waals surface area contributed by atoms with E-state index in [9.17, 15) is 4.79 Å². The van der Waals surface area contributed by atoms with Crippen molar-refractivity contribution in [3.05, 3.63) is 30.1 Å². The summed E-state index contributed by atoms with van der Waals surface area (Å²) in [7, 11) is 0. The summed E-state index contributed by atoms with van der Waals surface area (Å²) in [6.45, 7) is 2.85. The van der Waals surface area contributed by atoms with Gasteiger partial charge in [0.2, 0.25) is 5.91 Å². The Balaban J connectivity index is 1.73. The van der Waals surface area contributed by atoms with E-state index in [-0.39, 0.29) is 5.91 Å². The lowest BCUT2D eigenvalue weighted by atomic mass is 10.1. The van der Waals surface area contributed by atoms with Crippen LogP contribution in [-0.4, -0.2) is 35.3 Å². The molecule has 16 heavy (non-hydrogen) atoms. The van der Waals surface area contributed by atoms with Gasteiger partial charge < -0.3 is 10.6 Å². The van der Waals surface area contributed by atoms with E-state index in [2.05, 4.69) is 21.8 Å². The lowest BCUT2D eigenvalue weighted by Crippen LogP contribution is -2.31. The summed E-state index contributed by atoms with van der Waals surface area (Å²) in [4.78, 5) is 11.5. The van der Waals surface area contributed by atoms with Gasteiger partial charge in [0.25, 0.3) is 0 Å². The van der Waals surface area contributed by atoms with Crippen LogP contribution in [0.1, 0.15) is 6.42 Å². The van der Waals surface area contributed by atoms with Crippen molar-refractivity contribution >= 4 is 5.91 Å². The lowest BCUT2D eigenvalue weighted by Gasteiger charge is -2.14. The maximum Gasteiger partial charge on any atom is 0.241 e. The zero-order valence-electron chi connectivity index (χ0n) is 9.15. The topological polar surface area (TPSA) is 59.0 Å². The van der Waals surface area contributed by atoms with Gasteiger partial charge in [0.1, 0.15) is 6.54 Å². The standard InChI is InChI=1S/C11H16N4O/c16-11(9-15-7-1-4-14-15)13-8-10-2-5-12-6-3-10/h1-2,4,7,12H,3,5-6,8-9H2,(H,13,16). The average Bonchev–Trinajstić information content (AvgIpc) is 2.81. The normalized spacial score (nSPS) is 15.6. The van der Waals surface area contributed by atoms with Crippen LogP contribution < -0.4 is 10.6 Å². The molecule has 2 heterocycles. The number of carbonyl (C=O) groups excluding carboxylic acids is 1. The third kappa shape index (κ3) is 3.20. The first kappa shape index (κ1) is 10.9. The molecule has 1 aliphatic rings. The second-order valence-electron chi connectivity index (χ2n) is 3.80. The van der Waals surface area contributed by atoms with Crippen LogP contribution in [0.15, 0.2) is 30.1 Å². The molecule has 1 amide bonds. The summed E-state index contributed by atoms with van der Waals surface area (Å²) < 4.78 is 1.62. The van der Waals surface area contributed by atoms with Crippen molar-refractivity contribution in [2.75, 3.05) is 19.6 Å². The van der Waals surface area contributed by atoms with Crippen molar-refractivity contribution in [3.63, 3.8) is 0 Å². The SMILES string of the molecule is O=C(Cn1cccn1)NCC1=CCNCC1. The quantitative estimate of drug-likeness (QED) is 0.698. The molecule has 0 saturated heterocycles. The smallest absolute Gasteiger partial charge is 0.241 e. The van der Waals surface area contributed by atoms with Gasteiger partial charge in [0.05, 0.1) is 0 Å². The molecule has 0 spiro atoms.